The van der Waals surface area contributed by atoms with E-state index in [0.29, 0.717) is 12.0 Å². The summed E-state index contributed by atoms with van der Waals surface area (Å²) in [4.78, 5) is 0. The largest absolute Gasteiger partial charge is 0.377 e. The predicted octanol–water partition coefficient (Wildman–Crippen LogP) is 1.91. The van der Waals surface area contributed by atoms with Gasteiger partial charge in [0.05, 0.1) is 6.10 Å². The van der Waals surface area contributed by atoms with E-state index >= 15 is 0 Å². The Hall–Kier alpha value is -0.120. The summed E-state index contributed by atoms with van der Waals surface area (Å²) in [6, 6.07) is 0.738. The van der Waals surface area contributed by atoms with Crippen LogP contribution in [0.4, 0.5) is 0 Å². The molecule has 2 aliphatic carbocycles. The van der Waals surface area contributed by atoms with Crippen LogP contribution < -0.4 is 11.1 Å². The molecule has 3 aliphatic rings. The number of hydrogen-bond donors (Lipinski definition) is 2. The topological polar surface area (TPSA) is 47.3 Å². The molecule has 3 nitrogen and oxygen atoms in total. The number of hydrogen-bond acceptors (Lipinski definition) is 3. The minimum absolute atomic E-state index is 0.0620. The van der Waals surface area contributed by atoms with Gasteiger partial charge in [0.25, 0.3) is 0 Å². The van der Waals surface area contributed by atoms with E-state index in [2.05, 4.69) is 26.1 Å². The maximum atomic E-state index is 6.72. The Morgan fingerprint density at radius 1 is 1.39 bits per heavy atom. The van der Waals surface area contributed by atoms with Crippen molar-refractivity contribution in [3.8, 4) is 0 Å². The fourth-order valence-electron chi connectivity index (χ4n) is 4.32. The van der Waals surface area contributed by atoms with E-state index in [1.807, 2.05) is 0 Å². The molecule has 3 N–H and O–H groups in total. The van der Waals surface area contributed by atoms with Gasteiger partial charge in [0, 0.05) is 36.1 Å². The molecular weight excluding hydrogens is 224 g/mol. The third-order valence-electron chi connectivity index (χ3n) is 5.90. The molecule has 0 spiro atoms. The van der Waals surface area contributed by atoms with Gasteiger partial charge in [0.15, 0.2) is 0 Å². The van der Waals surface area contributed by atoms with Gasteiger partial charge in [0.1, 0.15) is 0 Å². The van der Waals surface area contributed by atoms with Gasteiger partial charge in [-0.3, -0.25) is 0 Å². The molecule has 0 aromatic carbocycles. The van der Waals surface area contributed by atoms with Gasteiger partial charge in [-0.1, -0.05) is 27.2 Å². The van der Waals surface area contributed by atoms with Crippen molar-refractivity contribution in [2.24, 2.45) is 23.0 Å². The molecule has 0 radical (unpaired) electrons. The van der Waals surface area contributed by atoms with Gasteiger partial charge in [-0.05, 0) is 25.2 Å². The van der Waals surface area contributed by atoms with E-state index in [1.54, 1.807) is 0 Å². The smallest absolute Gasteiger partial charge is 0.0691 e. The lowest BCUT2D eigenvalue weighted by Gasteiger charge is -2.62. The molecule has 3 fully saturated rings. The van der Waals surface area contributed by atoms with Crippen LogP contribution in [0.25, 0.3) is 0 Å². The molecule has 0 bridgehead atoms. The Morgan fingerprint density at radius 3 is 2.89 bits per heavy atom. The SMILES string of the molecule is CCCC1CC1NCC1(N)C2CCOC2C1(C)C. The van der Waals surface area contributed by atoms with Crippen LogP contribution in [-0.4, -0.2) is 30.8 Å². The van der Waals surface area contributed by atoms with Crippen LogP contribution in [0.15, 0.2) is 0 Å². The number of fused-ring (bicyclic) bond motifs is 1. The second-order valence-electron chi connectivity index (χ2n) is 7.22. The van der Waals surface area contributed by atoms with Crippen molar-refractivity contribution in [3.05, 3.63) is 0 Å². The maximum Gasteiger partial charge on any atom is 0.0691 e. The highest BCUT2D eigenvalue weighted by atomic mass is 16.5. The molecule has 1 heterocycles. The summed E-state index contributed by atoms with van der Waals surface area (Å²) in [5.41, 5.74) is 6.78. The Labute approximate surface area is 111 Å². The zero-order valence-corrected chi connectivity index (χ0v) is 12.0. The summed E-state index contributed by atoms with van der Waals surface area (Å²) in [6.07, 6.45) is 5.58. The van der Waals surface area contributed by atoms with Crippen LogP contribution >= 0.6 is 0 Å². The van der Waals surface area contributed by atoms with Gasteiger partial charge in [-0.2, -0.15) is 0 Å². The minimum Gasteiger partial charge on any atom is -0.377 e. The van der Waals surface area contributed by atoms with Crippen LogP contribution in [0.5, 0.6) is 0 Å². The molecule has 18 heavy (non-hydrogen) atoms. The Morgan fingerprint density at radius 2 is 2.17 bits per heavy atom. The van der Waals surface area contributed by atoms with Crippen molar-refractivity contribution in [2.75, 3.05) is 13.2 Å². The van der Waals surface area contributed by atoms with E-state index in [1.165, 1.54) is 19.3 Å². The second kappa shape index (κ2) is 4.19. The number of nitrogens with one attached hydrogen (secondary N) is 1. The number of ether oxygens (including phenoxy) is 1. The van der Waals surface area contributed by atoms with Crippen LogP contribution in [0.1, 0.15) is 46.5 Å². The molecule has 104 valence electrons. The highest BCUT2D eigenvalue weighted by Gasteiger charge is 2.67. The predicted molar refractivity (Wildman–Crippen MR) is 73.4 cm³/mol. The van der Waals surface area contributed by atoms with Gasteiger partial charge in [-0.25, -0.2) is 0 Å². The Balaban J connectivity index is 1.56. The molecule has 0 amide bonds. The Kier molecular flexibility index (Phi) is 3.00. The van der Waals surface area contributed by atoms with E-state index in [9.17, 15) is 0 Å². The molecule has 0 aromatic rings. The van der Waals surface area contributed by atoms with E-state index < -0.39 is 0 Å². The average molecular weight is 252 g/mol. The fourth-order valence-corrected chi connectivity index (χ4v) is 4.32. The highest BCUT2D eigenvalue weighted by molar-refractivity contribution is 5.22. The van der Waals surface area contributed by atoms with Crippen LogP contribution in [0, 0.1) is 17.3 Å². The van der Waals surface area contributed by atoms with Crippen molar-refractivity contribution in [2.45, 2.75) is 64.1 Å². The third kappa shape index (κ3) is 1.67. The van der Waals surface area contributed by atoms with Crippen molar-refractivity contribution >= 4 is 0 Å². The maximum absolute atomic E-state index is 6.72. The molecule has 1 aliphatic heterocycles. The van der Waals surface area contributed by atoms with Gasteiger partial charge >= 0.3 is 0 Å². The monoisotopic (exact) mass is 252 g/mol. The van der Waals surface area contributed by atoms with Crippen molar-refractivity contribution in [1.29, 1.82) is 0 Å². The van der Waals surface area contributed by atoms with Crippen molar-refractivity contribution in [3.63, 3.8) is 0 Å². The fraction of sp³-hybridized carbons (Fsp3) is 1.00. The summed E-state index contributed by atoms with van der Waals surface area (Å²) in [5, 5.41) is 3.72. The van der Waals surface area contributed by atoms with E-state index in [-0.39, 0.29) is 11.0 Å². The van der Waals surface area contributed by atoms with Crippen molar-refractivity contribution in [1.82, 2.24) is 5.32 Å². The highest BCUT2D eigenvalue weighted by Crippen LogP contribution is 2.58. The molecule has 5 atom stereocenters. The van der Waals surface area contributed by atoms with Gasteiger partial charge in [0.2, 0.25) is 0 Å². The second-order valence-corrected chi connectivity index (χ2v) is 7.22. The van der Waals surface area contributed by atoms with E-state index in [4.69, 9.17) is 10.5 Å². The molecule has 0 aromatic heterocycles. The molecular formula is C15H28N2O. The number of nitrogens with two attached hydrogens (primary N) is 1. The van der Waals surface area contributed by atoms with Gasteiger partial charge in [-0.15, -0.1) is 0 Å². The lowest BCUT2D eigenvalue weighted by Crippen LogP contribution is -2.78. The first-order valence-corrected chi connectivity index (χ1v) is 7.64. The summed E-state index contributed by atoms with van der Waals surface area (Å²) in [5.74, 6) is 1.49. The van der Waals surface area contributed by atoms with Crippen molar-refractivity contribution < 1.29 is 4.74 Å². The summed E-state index contributed by atoms with van der Waals surface area (Å²) >= 11 is 0. The third-order valence-corrected chi connectivity index (χ3v) is 5.90. The summed E-state index contributed by atoms with van der Waals surface area (Å²) in [7, 11) is 0. The molecule has 5 unspecified atom stereocenters. The first kappa shape index (κ1) is 12.9. The van der Waals surface area contributed by atoms with Gasteiger partial charge < -0.3 is 15.8 Å². The normalized spacial score (nSPS) is 48.7. The lowest BCUT2D eigenvalue weighted by molar-refractivity contribution is -0.153. The van der Waals surface area contributed by atoms with Crippen LogP contribution in [0.2, 0.25) is 0 Å². The number of rotatable bonds is 5. The standard InChI is InChI=1S/C15H28N2O/c1-4-5-10-8-12(10)17-9-15(16)11-6-7-18-13(11)14(15,2)3/h10-13,17H,4-9,16H2,1-3H3. The average Bonchev–Trinajstić information content (AvgIpc) is 2.90. The Bertz CT molecular complexity index is 330. The molecule has 3 rings (SSSR count). The zero-order valence-electron chi connectivity index (χ0n) is 12.0. The molecule has 1 saturated heterocycles. The lowest BCUT2D eigenvalue weighted by atomic mass is 9.48. The van der Waals surface area contributed by atoms with Crippen LogP contribution in [0.3, 0.4) is 0 Å². The zero-order chi connectivity index (χ0) is 13.0. The summed E-state index contributed by atoms with van der Waals surface area (Å²) < 4.78 is 5.84. The first-order chi connectivity index (χ1) is 8.50. The minimum atomic E-state index is -0.0620. The molecule has 2 saturated carbocycles. The summed E-state index contributed by atoms with van der Waals surface area (Å²) in [6.45, 7) is 8.69. The van der Waals surface area contributed by atoms with E-state index in [0.717, 1.165) is 31.5 Å². The van der Waals surface area contributed by atoms with Crippen LogP contribution in [-0.2, 0) is 4.74 Å². The first-order valence-electron chi connectivity index (χ1n) is 7.64. The molecule has 3 heteroatoms. The quantitative estimate of drug-likeness (QED) is 0.786.